The molecule has 0 saturated heterocycles. The number of rotatable bonds is 5. The molecule has 118 valence electrons. The first kappa shape index (κ1) is 19.3. The summed E-state index contributed by atoms with van der Waals surface area (Å²) in [4.78, 5) is 24.5. The molecule has 21 heavy (non-hydrogen) atoms. The highest BCUT2D eigenvalue weighted by Crippen LogP contribution is 2.12. The van der Waals surface area contributed by atoms with Gasteiger partial charge in [0.25, 0.3) is 0 Å². The van der Waals surface area contributed by atoms with Crippen molar-refractivity contribution >= 4 is 29.9 Å². The van der Waals surface area contributed by atoms with Crippen LogP contribution in [0.4, 0.5) is 14.5 Å². The van der Waals surface area contributed by atoms with Gasteiger partial charge in [-0.2, -0.15) is 0 Å². The Bertz CT molecular complexity index is 492. The van der Waals surface area contributed by atoms with Gasteiger partial charge in [-0.05, 0) is 19.1 Å². The fourth-order valence-electron chi connectivity index (χ4n) is 1.56. The van der Waals surface area contributed by atoms with Crippen LogP contribution in [0.5, 0.6) is 0 Å². The van der Waals surface area contributed by atoms with Crippen LogP contribution < -0.4 is 11.1 Å². The van der Waals surface area contributed by atoms with Crippen LogP contribution in [-0.4, -0.2) is 36.3 Å². The van der Waals surface area contributed by atoms with Crippen molar-refractivity contribution in [2.45, 2.75) is 19.4 Å². The van der Waals surface area contributed by atoms with Crippen molar-refractivity contribution in [1.82, 2.24) is 4.90 Å². The van der Waals surface area contributed by atoms with E-state index in [1.807, 2.05) is 0 Å². The smallest absolute Gasteiger partial charge is 0.243 e. The van der Waals surface area contributed by atoms with Gasteiger partial charge in [0.05, 0.1) is 6.54 Å². The highest BCUT2D eigenvalue weighted by molar-refractivity contribution is 5.94. The Hall–Kier alpha value is -1.73. The quantitative estimate of drug-likeness (QED) is 0.863. The van der Waals surface area contributed by atoms with Crippen LogP contribution in [0.25, 0.3) is 0 Å². The van der Waals surface area contributed by atoms with Crippen LogP contribution in [0.3, 0.4) is 0 Å². The summed E-state index contributed by atoms with van der Waals surface area (Å²) in [6, 6.07) is 2.38. The summed E-state index contributed by atoms with van der Waals surface area (Å²) in [6.07, 6.45) is 0.123. The van der Waals surface area contributed by atoms with Gasteiger partial charge in [-0.3, -0.25) is 9.59 Å². The highest BCUT2D eigenvalue weighted by Gasteiger charge is 2.14. The monoisotopic (exact) mass is 321 g/mol. The molecule has 5 nitrogen and oxygen atoms in total. The molecule has 1 unspecified atom stereocenters. The fourth-order valence-corrected chi connectivity index (χ4v) is 1.56. The zero-order chi connectivity index (χ0) is 15.3. The van der Waals surface area contributed by atoms with Crippen molar-refractivity contribution in [2.75, 3.05) is 18.9 Å². The lowest BCUT2D eigenvalue weighted by atomic mass is 10.2. The molecule has 0 heterocycles. The van der Waals surface area contributed by atoms with Gasteiger partial charge in [-0.1, -0.05) is 0 Å². The number of benzene rings is 1. The molecule has 0 spiro atoms. The Balaban J connectivity index is 0.00000400. The molecule has 1 aromatic rings. The summed E-state index contributed by atoms with van der Waals surface area (Å²) in [5.41, 5.74) is 5.49. The molecule has 0 saturated carbocycles. The van der Waals surface area contributed by atoms with E-state index < -0.39 is 17.5 Å². The summed E-state index contributed by atoms with van der Waals surface area (Å²) in [7, 11) is 1.45. The molecule has 0 aromatic heterocycles. The largest absolute Gasteiger partial charge is 0.336 e. The summed E-state index contributed by atoms with van der Waals surface area (Å²) >= 11 is 0. The molecule has 3 N–H and O–H groups in total. The van der Waals surface area contributed by atoms with Crippen LogP contribution in [0.1, 0.15) is 13.3 Å². The summed E-state index contributed by atoms with van der Waals surface area (Å²) < 4.78 is 25.9. The van der Waals surface area contributed by atoms with Gasteiger partial charge in [0.1, 0.15) is 11.6 Å². The maximum atomic E-state index is 12.9. The number of likely N-dealkylation sites (N-methyl/N-ethyl adjacent to an activating group) is 1. The van der Waals surface area contributed by atoms with Gasteiger partial charge in [-0.15, -0.1) is 12.4 Å². The Kier molecular flexibility index (Phi) is 7.83. The van der Waals surface area contributed by atoms with E-state index in [4.69, 9.17) is 5.73 Å². The molecule has 0 bridgehead atoms. The van der Waals surface area contributed by atoms with Crippen molar-refractivity contribution in [3.63, 3.8) is 0 Å². The van der Waals surface area contributed by atoms with Crippen molar-refractivity contribution in [3.8, 4) is 0 Å². The number of carbonyl (C=O) groups is 2. The third-order valence-electron chi connectivity index (χ3n) is 2.45. The molecular weight excluding hydrogens is 304 g/mol. The molecule has 0 aliphatic heterocycles. The van der Waals surface area contributed by atoms with E-state index in [9.17, 15) is 18.4 Å². The number of nitrogens with two attached hydrogens (primary N) is 1. The predicted molar refractivity (Wildman–Crippen MR) is 78.1 cm³/mol. The lowest BCUT2D eigenvalue weighted by Crippen LogP contribution is -2.37. The lowest BCUT2D eigenvalue weighted by molar-refractivity contribution is -0.133. The average Bonchev–Trinajstić information content (AvgIpc) is 2.25. The minimum atomic E-state index is -0.790. The molecule has 8 heteroatoms. The molecule has 1 atom stereocenters. The first-order valence-electron chi connectivity index (χ1n) is 6.03. The van der Waals surface area contributed by atoms with Crippen molar-refractivity contribution < 1.29 is 18.4 Å². The van der Waals surface area contributed by atoms with E-state index in [1.54, 1.807) is 6.92 Å². The zero-order valence-corrected chi connectivity index (χ0v) is 12.5. The van der Waals surface area contributed by atoms with Crippen LogP contribution in [0.2, 0.25) is 0 Å². The number of nitrogens with zero attached hydrogens (tertiary/aromatic N) is 1. The van der Waals surface area contributed by atoms with Gasteiger partial charge >= 0.3 is 0 Å². The van der Waals surface area contributed by atoms with Gasteiger partial charge < -0.3 is 16.0 Å². The molecule has 0 aliphatic rings. The minimum absolute atomic E-state index is 0. The van der Waals surface area contributed by atoms with Crippen molar-refractivity contribution in [1.29, 1.82) is 0 Å². The molecule has 1 aromatic carbocycles. The van der Waals surface area contributed by atoms with Gasteiger partial charge in [-0.25, -0.2) is 8.78 Å². The number of amides is 2. The van der Waals surface area contributed by atoms with E-state index in [0.29, 0.717) is 6.07 Å². The summed E-state index contributed by atoms with van der Waals surface area (Å²) in [5, 5.41) is 2.32. The normalized spacial score (nSPS) is 11.3. The maximum absolute atomic E-state index is 12.9. The summed E-state index contributed by atoms with van der Waals surface area (Å²) in [5.74, 6) is -2.40. The van der Waals surface area contributed by atoms with E-state index in [-0.39, 0.29) is 43.0 Å². The van der Waals surface area contributed by atoms with Crippen LogP contribution in [-0.2, 0) is 9.59 Å². The van der Waals surface area contributed by atoms with Crippen LogP contribution >= 0.6 is 12.4 Å². The van der Waals surface area contributed by atoms with Crippen LogP contribution in [0.15, 0.2) is 18.2 Å². The molecule has 0 fully saturated rings. The van der Waals surface area contributed by atoms with E-state index >= 15 is 0 Å². The van der Waals surface area contributed by atoms with Gasteiger partial charge in [0, 0.05) is 31.3 Å². The van der Waals surface area contributed by atoms with E-state index in [1.165, 1.54) is 11.9 Å². The first-order chi connectivity index (χ1) is 9.27. The third-order valence-corrected chi connectivity index (χ3v) is 2.45. The number of nitrogens with one attached hydrogen (secondary N) is 1. The number of halogens is 3. The lowest BCUT2D eigenvalue weighted by Gasteiger charge is -2.17. The van der Waals surface area contributed by atoms with E-state index in [2.05, 4.69) is 5.32 Å². The Morgan fingerprint density at radius 1 is 1.29 bits per heavy atom. The number of hydrogen-bond acceptors (Lipinski definition) is 3. The fraction of sp³-hybridized carbons (Fsp3) is 0.385. The molecule has 2 amide bonds. The minimum Gasteiger partial charge on any atom is -0.336 e. The molecule has 1 rings (SSSR count). The highest BCUT2D eigenvalue weighted by atomic mass is 35.5. The Morgan fingerprint density at radius 3 is 2.29 bits per heavy atom. The number of anilines is 1. The Labute approximate surface area is 127 Å². The van der Waals surface area contributed by atoms with Crippen molar-refractivity contribution in [3.05, 3.63) is 29.8 Å². The molecular formula is C13H18ClF2N3O2. The second-order valence-corrected chi connectivity index (χ2v) is 4.64. The number of hydrogen-bond donors (Lipinski definition) is 2. The maximum Gasteiger partial charge on any atom is 0.243 e. The SMILES string of the molecule is CC(N)CC(=O)N(C)CC(=O)Nc1cc(F)cc(F)c1.Cl. The van der Waals surface area contributed by atoms with Gasteiger partial charge in [0.2, 0.25) is 11.8 Å². The molecule has 0 aliphatic carbocycles. The second-order valence-electron chi connectivity index (χ2n) is 4.64. The summed E-state index contributed by atoms with van der Waals surface area (Å²) in [6.45, 7) is 1.46. The van der Waals surface area contributed by atoms with Crippen LogP contribution in [0, 0.1) is 11.6 Å². The topological polar surface area (TPSA) is 75.4 Å². The second kappa shape index (κ2) is 8.53. The predicted octanol–water partition coefficient (Wildman–Crippen LogP) is 1.52. The van der Waals surface area contributed by atoms with E-state index in [0.717, 1.165) is 12.1 Å². The zero-order valence-electron chi connectivity index (χ0n) is 11.7. The average molecular weight is 322 g/mol. The van der Waals surface area contributed by atoms with Gasteiger partial charge in [0.15, 0.2) is 0 Å². The first-order valence-corrected chi connectivity index (χ1v) is 6.03. The molecule has 0 radical (unpaired) electrons. The van der Waals surface area contributed by atoms with Crippen molar-refractivity contribution in [2.24, 2.45) is 5.73 Å². The standard InChI is InChI=1S/C13H17F2N3O2.ClH/c1-8(16)3-13(20)18(2)7-12(19)17-11-5-9(14)4-10(15)6-11;/h4-6,8H,3,7,16H2,1-2H3,(H,17,19);1H. The third kappa shape index (κ3) is 7.01. The number of carbonyl (C=O) groups excluding carboxylic acids is 2. The Morgan fingerprint density at radius 2 is 1.81 bits per heavy atom.